The zero-order chi connectivity index (χ0) is 16.9. The summed E-state index contributed by atoms with van der Waals surface area (Å²) >= 11 is 5.84. The summed E-state index contributed by atoms with van der Waals surface area (Å²) in [5.41, 5.74) is 1.75. The molecule has 0 spiro atoms. The standard InChI is InChI=1S/C16H16ClFN2O2S/c1-19(2)16-10-6-4-5-7-14(10)20(3)23(21,22)15-9-12(17)13(18)8-11(15)16/h4-9,16H,1-3H3. The number of halogens is 2. The Bertz CT molecular complexity index is 884. The van der Waals surface area contributed by atoms with E-state index in [0.717, 1.165) is 5.56 Å². The van der Waals surface area contributed by atoms with E-state index in [1.165, 1.54) is 23.5 Å². The molecule has 7 heteroatoms. The minimum absolute atomic E-state index is 0.0290. The number of anilines is 1. The first kappa shape index (κ1) is 16.2. The molecule has 0 radical (unpaired) electrons. The van der Waals surface area contributed by atoms with Gasteiger partial charge in [-0.15, -0.1) is 0 Å². The minimum atomic E-state index is -3.82. The van der Waals surface area contributed by atoms with Crippen molar-refractivity contribution < 1.29 is 12.8 Å². The Morgan fingerprint density at radius 1 is 1.17 bits per heavy atom. The van der Waals surface area contributed by atoms with E-state index in [2.05, 4.69) is 0 Å². The Morgan fingerprint density at radius 3 is 2.48 bits per heavy atom. The molecule has 2 aromatic rings. The highest BCUT2D eigenvalue weighted by atomic mass is 35.5. The summed E-state index contributed by atoms with van der Waals surface area (Å²) in [6, 6.07) is 9.23. The molecule has 1 aliphatic rings. The first-order valence-electron chi connectivity index (χ1n) is 6.98. The second kappa shape index (κ2) is 5.47. The molecule has 1 aliphatic heterocycles. The molecule has 3 rings (SSSR count). The van der Waals surface area contributed by atoms with Crippen LogP contribution in [0.15, 0.2) is 41.3 Å². The fourth-order valence-electron chi connectivity index (χ4n) is 2.99. The van der Waals surface area contributed by atoms with Crippen molar-refractivity contribution in [1.82, 2.24) is 4.90 Å². The first-order chi connectivity index (χ1) is 10.7. The number of benzene rings is 2. The monoisotopic (exact) mass is 354 g/mol. The van der Waals surface area contributed by atoms with Crippen molar-refractivity contribution in [3.05, 3.63) is 58.4 Å². The molecule has 0 fully saturated rings. The normalized spacial score (nSPS) is 19.2. The van der Waals surface area contributed by atoms with Crippen molar-refractivity contribution in [2.45, 2.75) is 10.9 Å². The van der Waals surface area contributed by atoms with Gasteiger partial charge in [-0.2, -0.15) is 0 Å². The van der Waals surface area contributed by atoms with Crippen molar-refractivity contribution >= 4 is 27.3 Å². The highest BCUT2D eigenvalue weighted by molar-refractivity contribution is 7.92. The van der Waals surface area contributed by atoms with Gasteiger partial charge in [-0.3, -0.25) is 9.21 Å². The number of rotatable bonds is 1. The van der Waals surface area contributed by atoms with Crippen molar-refractivity contribution in [1.29, 1.82) is 0 Å². The number of nitrogens with zero attached hydrogens (tertiary/aromatic N) is 2. The lowest BCUT2D eigenvalue weighted by molar-refractivity contribution is 0.338. The Labute approximate surface area is 140 Å². The molecule has 0 aliphatic carbocycles. The van der Waals surface area contributed by atoms with Gasteiger partial charge in [-0.05, 0) is 43.4 Å². The molecule has 1 unspecified atom stereocenters. The lowest BCUT2D eigenvalue weighted by atomic mass is 9.96. The van der Waals surface area contributed by atoms with Gasteiger partial charge in [0.1, 0.15) is 5.82 Å². The summed E-state index contributed by atoms with van der Waals surface area (Å²) in [6.07, 6.45) is 0. The molecular weight excluding hydrogens is 339 g/mol. The molecular formula is C16H16ClFN2O2S. The molecule has 0 amide bonds. The van der Waals surface area contributed by atoms with Gasteiger partial charge in [-0.25, -0.2) is 12.8 Å². The fourth-order valence-corrected chi connectivity index (χ4v) is 4.67. The van der Waals surface area contributed by atoms with Crippen molar-refractivity contribution in [3.63, 3.8) is 0 Å². The largest absolute Gasteiger partial charge is 0.298 e. The van der Waals surface area contributed by atoms with Gasteiger partial charge in [0.2, 0.25) is 0 Å². The maximum Gasteiger partial charge on any atom is 0.264 e. The Kier molecular flexibility index (Phi) is 3.86. The molecule has 2 aromatic carbocycles. The van der Waals surface area contributed by atoms with E-state index in [-0.39, 0.29) is 9.92 Å². The lowest BCUT2D eigenvalue weighted by Gasteiger charge is -2.26. The molecule has 0 saturated carbocycles. The SMILES string of the molecule is CN(C)C1c2ccccc2N(C)S(=O)(=O)c2cc(Cl)c(F)cc21. The van der Waals surface area contributed by atoms with Gasteiger partial charge < -0.3 is 0 Å². The van der Waals surface area contributed by atoms with Crippen molar-refractivity contribution in [2.75, 3.05) is 25.4 Å². The third kappa shape index (κ3) is 2.41. The molecule has 0 bridgehead atoms. The zero-order valence-corrected chi connectivity index (χ0v) is 14.5. The van der Waals surface area contributed by atoms with Crippen LogP contribution in [0.1, 0.15) is 17.2 Å². The van der Waals surface area contributed by atoms with E-state index >= 15 is 0 Å². The number of sulfonamides is 1. The third-order valence-electron chi connectivity index (χ3n) is 4.07. The van der Waals surface area contributed by atoms with Crippen LogP contribution in [0.25, 0.3) is 0 Å². The highest BCUT2D eigenvalue weighted by Gasteiger charge is 2.36. The summed E-state index contributed by atoms with van der Waals surface area (Å²) in [4.78, 5) is 1.89. The second-order valence-electron chi connectivity index (χ2n) is 5.70. The maximum absolute atomic E-state index is 14.0. The Morgan fingerprint density at radius 2 is 1.83 bits per heavy atom. The van der Waals surface area contributed by atoms with E-state index < -0.39 is 21.9 Å². The van der Waals surface area contributed by atoms with E-state index in [4.69, 9.17) is 11.6 Å². The summed E-state index contributed by atoms with van der Waals surface area (Å²) in [5.74, 6) is -0.630. The summed E-state index contributed by atoms with van der Waals surface area (Å²) in [5, 5.41) is -0.204. The van der Waals surface area contributed by atoms with Gasteiger partial charge in [0.15, 0.2) is 0 Å². The van der Waals surface area contributed by atoms with Crippen LogP contribution >= 0.6 is 11.6 Å². The van der Waals surface area contributed by atoms with Gasteiger partial charge in [0.25, 0.3) is 10.0 Å². The third-order valence-corrected chi connectivity index (χ3v) is 6.19. The minimum Gasteiger partial charge on any atom is -0.298 e. The average molecular weight is 355 g/mol. The summed E-state index contributed by atoms with van der Waals surface area (Å²) in [6.45, 7) is 0. The number of fused-ring (bicyclic) bond motifs is 2. The van der Waals surface area contributed by atoms with E-state index in [1.54, 1.807) is 12.1 Å². The first-order valence-corrected chi connectivity index (χ1v) is 8.80. The van der Waals surface area contributed by atoms with Gasteiger partial charge in [-0.1, -0.05) is 29.8 Å². The van der Waals surface area contributed by atoms with Crippen LogP contribution in [0.4, 0.5) is 10.1 Å². The zero-order valence-electron chi connectivity index (χ0n) is 12.9. The van der Waals surface area contributed by atoms with Crippen LogP contribution in [-0.2, 0) is 10.0 Å². The number of hydrogen-bond acceptors (Lipinski definition) is 3. The quantitative estimate of drug-likeness (QED) is 0.789. The molecule has 0 saturated heterocycles. The molecule has 0 N–H and O–H groups in total. The second-order valence-corrected chi connectivity index (χ2v) is 8.05. The predicted octanol–water partition coefficient (Wildman–Crippen LogP) is 3.27. The van der Waals surface area contributed by atoms with Crippen LogP contribution < -0.4 is 4.31 Å². The van der Waals surface area contributed by atoms with Crippen LogP contribution in [0.2, 0.25) is 5.02 Å². The van der Waals surface area contributed by atoms with Gasteiger partial charge in [0.05, 0.1) is 21.6 Å². The molecule has 4 nitrogen and oxygen atoms in total. The van der Waals surface area contributed by atoms with Crippen molar-refractivity contribution in [3.8, 4) is 0 Å². The van der Waals surface area contributed by atoms with Gasteiger partial charge >= 0.3 is 0 Å². The topological polar surface area (TPSA) is 40.6 Å². The van der Waals surface area contributed by atoms with Crippen LogP contribution in [0.3, 0.4) is 0 Å². The van der Waals surface area contributed by atoms with Crippen LogP contribution in [0, 0.1) is 5.82 Å². The van der Waals surface area contributed by atoms with E-state index in [0.29, 0.717) is 11.3 Å². The fraction of sp³-hybridized carbons (Fsp3) is 0.250. The average Bonchev–Trinajstić information content (AvgIpc) is 2.55. The maximum atomic E-state index is 14.0. The summed E-state index contributed by atoms with van der Waals surface area (Å²) < 4.78 is 41.2. The van der Waals surface area contributed by atoms with Crippen LogP contribution in [-0.4, -0.2) is 34.5 Å². The number of para-hydroxylation sites is 1. The Hall–Kier alpha value is -1.63. The Balaban J connectivity index is 2.46. The van der Waals surface area contributed by atoms with Crippen LogP contribution in [0.5, 0.6) is 0 Å². The molecule has 1 heterocycles. The lowest BCUT2D eigenvalue weighted by Crippen LogP contribution is -2.26. The molecule has 122 valence electrons. The number of hydrogen-bond donors (Lipinski definition) is 0. The molecule has 1 atom stereocenters. The van der Waals surface area contributed by atoms with Gasteiger partial charge in [0, 0.05) is 7.05 Å². The van der Waals surface area contributed by atoms with Crippen molar-refractivity contribution in [2.24, 2.45) is 0 Å². The smallest absolute Gasteiger partial charge is 0.264 e. The van der Waals surface area contributed by atoms with E-state index in [9.17, 15) is 12.8 Å². The molecule has 23 heavy (non-hydrogen) atoms. The highest BCUT2D eigenvalue weighted by Crippen LogP contribution is 2.43. The molecule has 0 aromatic heterocycles. The predicted molar refractivity (Wildman–Crippen MR) is 89.0 cm³/mol. The summed E-state index contributed by atoms with van der Waals surface area (Å²) in [7, 11) is 1.33. The van der Waals surface area contributed by atoms with E-state index in [1.807, 2.05) is 31.1 Å².